The van der Waals surface area contributed by atoms with E-state index < -0.39 is 0 Å². The van der Waals surface area contributed by atoms with E-state index in [1.54, 1.807) is 0 Å². The van der Waals surface area contributed by atoms with Crippen LogP contribution < -0.4 is 5.32 Å². The molecule has 1 atom stereocenters. The number of fused-ring (bicyclic) bond motifs is 1. The summed E-state index contributed by atoms with van der Waals surface area (Å²) in [6.07, 6.45) is 1.21. The maximum absolute atomic E-state index is 12.1. The molecule has 0 radical (unpaired) electrons. The predicted molar refractivity (Wildman–Crippen MR) is 93.5 cm³/mol. The van der Waals surface area contributed by atoms with Crippen molar-refractivity contribution in [2.45, 2.75) is 60.4 Å². The maximum Gasteiger partial charge on any atom is 0.220 e. The Morgan fingerprint density at radius 1 is 1.17 bits per heavy atom. The highest BCUT2D eigenvalue weighted by atomic mass is 16.1. The molecule has 2 rings (SSSR count). The van der Waals surface area contributed by atoms with Crippen molar-refractivity contribution < 1.29 is 4.79 Å². The van der Waals surface area contributed by atoms with Crippen molar-refractivity contribution >= 4 is 16.9 Å². The van der Waals surface area contributed by atoms with E-state index in [0.717, 1.165) is 22.4 Å². The number of hydrogen-bond donors (Lipinski definition) is 1. The molecular formula is C18H28N4O. The second-order valence-electron chi connectivity index (χ2n) is 6.81. The van der Waals surface area contributed by atoms with Gasteiger partial charge in [0.1, 0.15) is 0 Å². The van der Waals surface area contributed by atoms with Gasteiger partial charge in [-0.15, -0.1) is 0 Å². The fourth-order valence-corrected chi connectivity index (χ4v) is 2.96. The number of hydrogen-bond acceptors (Lipinski definition) is 3. The molecule has 1 N–H and O–H groups in total. The van der Waals surface area contributed by atoms with Gasteiger partial charge in [-0.1, -0.05) is 13.8 Å². The summed E-state index contributed by atoms with van der Waals surface area (Å²) >= 11 is 0. The number of nitrogens with zero attached hydrogens (tertiary/aromatic N) is 3. The van der Waals surface area contributed by atoms with E-state index in [2.05, 4.69) is 31.2 Å². The van der Waals surface area contributed by atoms with Crippen LogP contribution in [0.3, 0.4) is 0 Å². The monoisotopic (exact) mass is 316 g/mol. The highest BCUT2D eigenvalue weighted by Gasteiger charge is 2.17. The molecular weight excluding hydrogens is 288 g/mol. The van der Waals surface area contributed by atoms with Crippen molar-refractivity contribution in [3.05, 3.63) is 22.5 Å². The first-order chi connectivity index (χ1) is 10.7. The zero-order chi connectivity index (χ0) is 17.3. The molecule has 0 saturated carbocycles. The van der Waals surface area contributed by atoms with Gasteiger partial charge < -0.3 is 5.32 Å². The Kier molecular flexibility index (Phi) is 5.07. The molecule has 1 amide bonds. The quantitative estimate of drug-likeness (QED) is 0.922. The Balaban J connectivity index is 2.21. The average molecular weight is 316 g/mol. The van der Waals surface area contributed by atoms with Crippen LogP contribution in [0.5, 0.6) is 0 Å². The van der Waals surface area contributed by atoms with Gasteiger partial charge in [-0.05, 0) is 51.2 Å². The standard InChI is InChI=1S/C18H28N4O/c1-10(2)12(4)19-16(23)9-8-15-11(3)17-14(6)21-22(7)18(17)20-13(15)5/h10,12H,8-9H2,1-7H3,(H,19,23). The SMILES string of the molecule is Cc1nc2c(c(C)nn2C)c(C)c1CCC(=O)NC(C)C(C)C. The summed E-state index contributed by atoms with van der Waals surface area (Å²) in [6, 6.07) is 0.200. The molecule has 0 spiro atoms. The van der Waals surface area contributed by atoms with Gasteiger partial charge in [0.05, 0.1) is 5.69 Å². The first kappa shape index (κ1) is 17.4. The highest BCUT2D eigenvalue weighted by molar-refractivity contribution is 5.84. The van der Waals surface area contributed by atoms with Crippen molar-refractivity contribution in [1.29, 1.82) is 0 Å². The largest absolute Gasteiger partial charge is 0.353 e. The van der Waals surface area contributed by atoms with Crippen LogP contribution in [0.2, 0.25) is 0 Å². The molecule has 2 aromatic rings. The molecule has 23 heavy (non-hydrogen) atoms. The number of rotatable bonds is 5. The van der Waals surface area contributed by atoms with Crippen LogP contribution in [0, 0.1) is 26.7 Å². The lowest BCUT2D eigenvalue weighted by Gasteiger charge is -2.18. The Morgan fingerprint density at radius 2 is 1.83 bits per heavy atom. The molecule has 2 heterocycles. The third kappa shape index (κ3) is 3.54. The summed E-state index contributed by atoms with van der Waals surface area (Å²) in [5, 5.41) is 8.64. The molecule has 126 valence electrons. The Bertz CT molecular complexity index is 730. The summed E-state index contributed by atoms with van der Waals surface area (Å²) in [5.74, 6) is 0.548. The lowest BCUT2D eigenvalue weighted by molar-refractivity contribution is -0.121. The normalized spacial score (nSPS) is 12.9. The average Bonchev–Trinajstić information content (AvgIpc) is 2.73. The van der Waals surface area contributed by atoms with E-state index >= 15 is 0 Å². The van der Waals surface area contributed by atoms with E-state index in [9.17, 15) is 4.79 Å². The number of nitrogens with one attached hydrogen (secondary N) is 1. The minimum absolute atomic E-state index is 0.105. The summed E-state index contributed by atoms with van der Waals surface area (Å²) in [7, 11) is 1.92. The van der Waals surface area contributed by atoms with Crippen LogP contribution in [-0.2, 0) is 18.3 Å². The summed E-state index contributed by atoms with van der Waals surface area (Å²) in [4.78, 5) is 16.8. The molecule has 0 aliphatic rings. The van der Waals surface area contributed by atoms with Crippen molar-refractivity contribution in [2.75, 3.05) is 0 Å². The van der Waals surface area contributed by atoms with Crippen LogP contribution in [-0.4, -0.2) is 26.7 Å². The van der Waals surface area contributed by atoms with Crippen molar-refractivity contribution in [2.24, 2.45) is 13.0 Å². The second-order valence-corrected chi connectivity index (χ2v) is 6.81. The fourth-order valence-electron chi connectivity index (χ4n) is 2.96. The van der Waals surface area contributed by atoms with E-state index in [-0.39, 0.29) is 11.9 Å². The first-order valence-electron chi connectivity index (χ1n) is 8.31. The van der Waals surface area contributed by atoms with Crippen LogP contribution in [0.1, 0.15) is 49.7 Å². The number of amides is 1. The van der Waals surface area contributed by atoms with Gasteiger partial charge in [-0.3, -0.25) is 9.48 Å². The van der Waals surface area contributed by atoms with E-state index in [1.807, 2.05) is 32.5 Å². The van der Waals surface area contributed by atoms with Crippen molar-refractivity contribution in [1.82, 2.24) is 20.1 Å². The summed E-state index contributed by atoms with van der Waals surface area (Å²) in [6.45, 7) is 12.4. The third-order valence-electron chi connectivity index (χ3n) is 4.72. The molecule has 0 aromatic carbocycles. The molecule has 5 nitrogen and oxygen atoms in total. The van der Waals surface area contributed by atoms with Crippen molar-refractivity contribution in [3.63, 3.8) is 0 Å². The van der Waals surface area contributed by atoms with Crippen LogP contribution in [0.25, 0.3) is 11.0 Å². The second kappa shape index (κ2) is 6.69. The van der Waals surface area contributed by atoms with Gasteiger partial charge in [0.2, 0.25) is 5.91 Å². The lowest BCUT2D eigenvalue weighted by atomic mass is 9.99. The maximum atomic E-state index is 12.1. The fraction of sp³-hybridized carbons (Fsp3) is 0.611. The third-order valence-corrected chi connectivity index (χ3v) is 4.72. The lowest BCUT2D eigenvalue weighted by Crippen LogP contribution is -2.36. The molecule has 5 heteroatoms. The number of carbonyl (C=O) groups excluding carboxylic acids is 1. The van der Waals surface area contributed by atoms with Crippen LogP contribution in [0.15, 0.2) is 0 Å². The Hall–Kier alpha value is -1.91. The minimum Gasteiger partial charge on any atom is -0.353 e. The zero-order valence-corrected chi connectivity index (χ0v) is 15.3. The predicted octanol–water partition coefficient (Wildman–Crippen LogP) is 2.99. The number of carbonyl (C=O) groups is 1. The first-order valence-corrected chi connectivity index (χ1v) is 8.31. The van der Waals surface area contributed by atoms with Gasteiger partial charge in [-0.25, -0.2) is 4.98 Å². The number of aryl methyl sites for hydroxylation is 4. The topological polar surface area (TPSA) is 59.8 Å². The van der Waals surface area contributed by atoms with E-state index in [0.29, 0.717) is 18.8 Å². The minimum atomic E-state index is 0.105. The van der Waals surface area contributed by atoms with Gasteiger partial charge in [0, 0.05) is 30.6 Å². The molecule has 2 aromatic heterocycles. The van der Waals surface area contributed by atoms with Gasteiger partial charge in [0.25, 0.3) is 0 Å². The van der Waals surface area contributed by atoms with Gasteiger partial charge in [0.15, 0.2) is 5.65 Å². The molecule has 0 bridgehead atoms. The smallest absolute Gasteiger partial charge is 0.220 e. The van der Waals surface area contributed by atoms with Crippen molar-refractivity contribution in [3.8, 4) is 0 Å². The van der Waals surface area contributed by atoms with Crippen LogP contribution >= 0.6 is 0 Å². The van der Waals surface area contributed by atoms with Gasteiger partial charge in [-0.2, -0.15) is 5.10 Å². The van der Waals surface area contributed by atoms with E-state index in [1.165, 1.54) is 11.1 Å². The molecule has 0 aliphatic carbocycles. The number of pyridine rings is 1. The zero-order valence-electron chi connectivity index (χ0n) is 15.3. The van der Waals surface area contributed by atoms with E-state index in [4.69, 9.17) is 4.98 Å². The Morgan fingerprint density at radius 3 is 2.43 bits per heavy atom. The van der Waals surface area contributed by atoms with Crippen LogP contribution in [0.4, 0.5) is 0 Å². The summed E-state index contributed by atoms with van der Waals surface area (Å²) < 4.78 is 1.82. The molecule has 0 aliphatic heterocycles. The highest BCUT2D eigenvalue weighted by Crippen LogP contribution is 2.25. The Labute approximate surface area is 138 Å². The number of aromatic nitrogens is 3. The molecule has 1 unspecified atom stereocenters. The summed E-state index contributed by atoms with van der Waals surface area (Å²) in [5.41, 5.74) is 5.26. The molecule has 0 fully saturated rings. The van der Waals surface area contributed by atoms with Gasteiger partial charge >= 0.3 is 0 Å². The molecule has 0 saturated heterocycles.